The molecule has 0 spiro atoms. The zero-order valence-electron chi connectivity index (χ0n) is 10.6. The number of aryl methyl sites for hydroxylation is 2. The summed E-state index contributed by atoms with van der Waals surface area (Å²) in [6.07, 6.45) is 1.07. The topological polar surface area (TPSA) is 66.4 Å². The van der Waals surface area contributed by atoms with E-state index in [1.807, 2.05) is 19.9 Å². The summed E-state index contributed by atoms with van der Waals surface area (Å²) < 4.78 is 0. The Kier molecular flexibility index (Phi) is 3.36. The summed E-state index contributed by atoms with van der Waals surface area (Å²) in [4.78, 5) is 22.5. The van der Waals surface area contributed by atoms with Crippen LogP contribution in [0.2, 0.25) is 0 Å². The maximum absolute atomic E-state index is 11.9. The fourth-order valence-electron chi connectivity index (χ4n) is 2.51. The number of carbonyl (C=O) groups is 2. The summed E-state index contributed by atoms with van der Waals surface area (Å²) in [5, 5.41) is 11.6. The number of rotatable bonds is 3. The highest BCUT2D eigenvalue weighted by Crippen LogP contribution is 2.31. The van der Waals surface area contributed by atoms with Crippen LogP contribution in [-0.4, -0.2) is 17.0 Å². The third kappa shape index (κ3) is 2.53. The molecule has 4 nitrogen and oxygen atoms in total. The van der Waals surface area contributed by atoms with Crippen molar-refractivity contribution in [3.05, 3.63) is 28.8 Å². The Morgan fingerprint density at radius 3 is 2.83 bits per heavy atom. The normalized spacial score (nSPS) is 18.1. The van der Waals surface area contributed by atoms with Gasteiger partial charge in [-0.05, 0) is 37.8 Å². The molecule has 2 rings (SSSR count). The second-order valence-corrected chi connectivity index (χ2v) is 4.94. The van der Waals surface area contributed by atoms with Crippen molar-refractivity contribution >= 4 is 17.6 Å². The third-order valence-electron chi connectivity index (χ3n) is 3.35. The first-order valence-corrected chi connectivity index (χ1v) is 6.10. The molecule has 0 saturated carbocycles. The molecule has 0 bridgehead atoms. The van der Waals surface area contributed by atoms with Crippen LogP contribution < -0.4 is 5.32 Å². The molecule has 96 valence electrons. The van der Waals surface area contributed by atoms with Gasteiger partial charge in [-0.2, -0.15) is 0 Å². The molecule has 1 amide bonds. The van der Waals surface area contributed by atoms with Gasteiger partial charge in [0.25, 0.3) is 0 Å². The minimum absolute atomic E-state index is 0.0399. The monoisotopic (exact) mass is 247 g/mol. The predicted octanol–water partition coefficient (Wildman–Crippen LogP) is 2.28. The highest BCUT2D eigenvalue weighted by Gasteiger charge is 2.27. The van der Waals surface area contributed by atoms with Crippen LogP contribution in [0.15, 0.2) is 12.1 Å². The van der Waals surface area contributed by atoms with Crippen molar-refractivity contribution in [2.45, 2.75) is 33.1 Å². The average Bonchev–Trinajstić information content (AvgIpc) is 2.27. The number of hydrogen-bond donors (Lipinski definition) is 2. The van der Waals surface area contributed by atoms with E-state index < -0.39 is 5.97 Å². The number of anilines is 1. The molecule has 1 unspecified atom stereocenters. The summed E-state index contributed by atoms with van der Waals surface area (Å²) in [5.41, 5.74) is 4.24. The fourth-order valence-corrected chi connectivity index (χ4v) is 2.51. The molecule has 0 radical (unpaired) electrons. The Morgan fingerprint density at radius 2 is 2.17 bits per heavy atom. The van der Waals surface area contributed by atoms with Gasteiger partial charge in [-0.1, -0.05) is 17.7 Å². The lowest BCUT2D eigenvalue weighted by molar-refractivity contribution is -0.137. The highest BCUT2D eigenvalue weighted by molar-refractivity contribution is 5.96. The van der Waals surface area contributed by atoms with Gasteiger partial charge in [0, 0.05) is 18.0 Å². The van der Waals surface area contributed by atoms with E-state index in [9.17, 15) is 9.59 Å². The smallest absolute Gasteiger partial charge is 0.303 e. The Hall–Kier alpha value is -1.84. The molecule has 18 heavy (non-hydrogen) atoms. The van der Waals surface area contributed by atoms with E-state index in [1.54, 1.807) is 0 Å². The van der Waals surface area contributed by atoms with Crippen LogP contribution in [0.25, 0.3) is 0 Å². The van der Waals surface area contributed by atoms with Gasteiger partial charge in [0.05, 0.1) is 0 Å². The number of hydrogen-bond acceptors (Lipinski definition) is 2. The van der Waals surface area contributed by atoms with Crippen molar-refractivity contribution in [1.29, 1.82) is 0 Å². The van der Waals surface area contributed by atoms with E-state index in [-0.39, 0.29) is 18.2 Å². The van der Waals surface area contributed by atoms with Gasteiger partial charge in [-0.15, -0.1) is 0 Å². The number of benzene rings is 1. The molecule has 4 heteroatoms. The van der Waals surface area contributed by atoms with Crippen LogP contribution in [0.1, 0.15) is 29.5 Å². The van der Waals surface area contributed by atoms with E-state index in [4.69, 9.17) is 5.11 Å². The Labute approximate surface area is 106 Å². The van der Waals surface area contributed by atoms with Gasteiger partial charge in [0.1, 0.15) is 0 Å². The van der Waals surface area contributed by atoms with Gasteiger partial charge in [-0.25, -0.2) is 0 Å². The van der Waals surface area contributed by atoms with Gasteiger partial charge >= 0.3 is 5.97 Å². The Morgan fingerprint density at radius 1 is 1.44 bits per heavy atom. The number of carboxylic acids is 1. The van der Waals surface area contributed by atoms with Crippen LogP contribution in [0.3, 0.4) is 0 Å². The quantitative estimate of drug-likeness (QED) is 0.861. The first-order valence-electron chi connectivity index (χ1n) is 6.10. The van der Waals surface area contributed by atoms with Gasteiger partial charge in [-0.3, -0.25) is 9.59 Å². The third-order valence-corrected chi connectivity index (χ3v) is 3.35. The Bertz CT molecular complexity index is 508. The second kappa shape index (κ2) is 4.80. The molecule has 1 aromatic carbocycles. The molecular weight excluding hydrogens is 230 g/mol. The van der Waals surface area contributed by atoms with Crippen LogP contribution in [-0.2, 0) is 16.0 Å². The predicted molar refractivity (Wildman–Crippen MR) is 68.6 cm³/mol. The molecule has 0 aliphatic carbocycles. The lowest BCUT2D eigenvalue weighted by atomic mass is 9.87. The van der Waals surface area contributed by atoms with Crippen LogP contribution in [0, 0.1) is 19.8 Å². The molecule has 0 saturated heterocycles. The van der Waals surface area contributed by atoms with E-state index in [0.29, 0.717) is 12.8 Å². The minimum Gasteiger partial charge on any atom is -0.481 e. The van der Waals surface area contributed by atoms with Crippen molar-refractivity contribution in [3.63, 3.8) is 0 Å². The molecule has 1 atom stereocenters. The summed E-state index contributed by atoms with van der Waals surface area (Å²) in [7, 11) is 0. The van der Waals surface area contributed by atoms with E-state index in [0.717, 1.165) is 16.8 Å². The van der Waals surface area contributed by atoms with Crippen molar-refractivity contribution in [1.82, 2.24) is 0 Å². The SMILES string of the molecule is Cc1cc(C)c2c(c1)CC(CCC(=O)O)C(=O)N2. The number of carbonyl (C=O) groups excluding carboxylic acids is 1. The van der Waals surface area contributed by atoms with Crippen LogP contribution in [0.5, 0.6) is 0 Å². The number of carboxylic acid groups (broad SMARTS) is 1. The standard InChI is InChI=1S/C14H17NO3/c1-8-5-9(2)13-11(6-8)7-10(14(18)15-13)3-4-12(16)17/h5-6,10H,3-4,7H2,1-2H3,(H,15,18)(H,16,17). The Balaban J connectivity index is 2.21. The van der Waals surface area contributed by atoms with E-state index in [1.165, 1.54) is 5.56 Å². The molecule has 1 heterocycles. The van der Waals surface area contributed by atoms with Gasteiger partial charge in [0.2, 0.25) is 5.91 Å². The molecule has 2 N–H and O–H groups in total. The maximum atomic E-state index is 11.9. The summed E-state index contributed by atoms with van der Waals surface area (Å²) >= 11 is 0. The zero-order chi connectivity index (χ0) is 13.3. The van der Waals surface area contributed by atoms with Gasteiger partial charge < -0.3 is 10.4 Å². The largest absolute Gasteiger partial charge is 0.481 e. The molecule has 0 aromatic heterocycles. The number of aliphatic carboxylic acids is 1. The molecule has 1 aromatic rings. The second-order valence-electron chi connectivity index (χ2n) is 4.94. The van der Waals surface area contributed by atoms with E-state index in [2.05, 4.69) is 11.4 Å². The van der Waals surface area contributed by atoms with Crippen LogP contribution in [0.4, 0.5) is 5.69 Å². The highest BCUT2D eigenvalue weighted by atomic mass is 16.4. The maximum Gasteiger partial charge on any atom is 0.303 e. The fraction of sp³-hybridized carbons (Fsp3) is 0.429. The molecule has 1 aliphatic rings. The number of amides is 1. The summed E-state index contributed by atoms with van der Waals surface area (Å²) in [6, 6.07) is 4.10. The van der Waals surface area contributed by atoms with E-state index >= 15 is 0 Å². The zero-order valence-corrected chi connectivity index (χ0v) is 10.6. The summed E-state index contributed by atoms with van der Waals surface area (Å²) in [6.45, 7) is 4.00. The van der Waals surface area contributed by atoms with Crippen molar-refractivity contribution in [2.24, 2.45) is 5.92 Å². The van der Waals surface area contributed by atoms with Crippen molar-refractivity contribution in [2.75, 3.05) is 5.32 Å². The number of nitrogens with one attached hydrogen (secondary N) is 1. The van der Waals surface area contributed by atoms with Crippen molar-refractivity contribution in [3.8, 4) is 0 Å². The summed E-state index contributed by atoms with van der Waals surface area (Å²) in [5.74, 6) is -1.14. The lowest BCUT2D eigenvalue weighted by Gasteiger charge is -2.26. The minimum atomic E-state index is -0.853. The van der Waals surface area contributed by atoms with Crippen LogP contribution >= 0.6 is 0 Å². The first kappa shape index (κ1) is 12.6. The molecule has 1 aliphatic heterocycles. The molecular formula is C14H17NO3. The average molecular weight is 247 g/mol. The van der Waals surface area contributed by atoms with Crippen molar-refractivity contribution < 1.29 is 14.7 Å². The number of fused-ring (bicyclic) bond motifs is 1. The lowest BCUT2D eigenvalue weighted by Crippen LogP contribution is -2.31. The first-order chi connectivity index (χ1) is 8.47. The van der Waals surface area contributed by atoms with Gasteiger partial charge in [0.15, 0.2) is 0 Å². The molecule has 0 fully saturated rings.